The summed E-state index contributed by atoms with van der Waals surface area (Å²) in [5.41, 5.74) is 0.608. The summed E-state index contributed by atoms with van der Waals surface area (Å²) in [5, 5.41) is 10.5. The molecule has 150 valence electrons. The molecule has 4 bridgehead atoms. The van der Waals surface area contributed by atoms with Crippen LogP contribution < -0.4 is 0 Å². The molecule has 0 aromatic carbocycles. The Labute approximate surface area is 160 Å². The van der Waals surface area contributed by atoms with E-state index in [1.807, 2.05) is 0 Å². The third kappa shape index (κ3) is 4.47. The average Bonchev–Trinajstić information content (AvgIpc) is 2.63. The maximum Gasteiger partial charge on any atom is 0.0900 e. The summed E-state index contributed by atoms with van der Waals surface area (Å²) in [6, 6.07) is 0.690. The number of rotatable bonds is 9. The predicted molar refractivity (Wildman–Crippen MR) is 106 cm³/mol. The lowest BCUT2D eigenvalue weighted by atomic mass is 9.49. The number of aliphatic hydroxyl groups is 1. The van der Waals surface area contributed by atoms with Gasteiger partial charge < -0.3 is 9.84 Å². The van der Waals surface area contributed by atoms with E-state index < -0.39 is 0 Å². The minimum absolute atomic E-state index is 0.326. The summed E-state index contributed by atoms with van der Waals surface area (Å²) >= 11 is 0. The highest BCUT2D eigenvalue weighted by Gasteiger charge is 2.50. The lowest BCUT2D eigenvalue weighted by molar-refractivity contribution is -0.0745. The maximum absolute atomic E-state index is 10.5. The zero-order valence-electron chi connectivity index (χ0n) is 17.0. The van der Waals surface area contributed by atoms with Gasteiger partial charge in [0, 0.05) is 19.2 Å². The van der Waals surface area contributed by atoms with Crippen molar-refractivity contribution in [2.24, 2.45) is 23.2 Å². The molecule has 1 atom stereocenters. The van der Waals surface area contributed by atoms with Crippen molar-refractivity contribution in [3.63, 3.8) is 0 Å². The third-order valence-electron chi connectivity index (χ3n) is 8.19. The smallest absolute Gasteiger partial charge is 0.0900 e. The standard InChI is InChI=1S/C23H41NO2/c1-2-24(21-6-4-3-5-7-21)16-22(25)17-26-9-8-23-13-18-10-19(14-23)12-20(11-18)15-23/h18-22,25H,2-17H2,1H3/t18?,19?,20?,22-,23?/m1/s1. The van der Waals surface area contributed by atoms with E-state index in [0.29, 0.717) is 18.1 Å². The van der Waals surface area contributed by atoms with E-state index in [-0.39, 0.29) is 6.10 Å². The molecule has 5 aliphatic carbocycles. The Morgan fingerprint density at radius 3 is 2.19 bits per heavy atom. The minimum Gasteiger partial charge on any atom is -0.389 e. The van der Waals surface area contributed by atoms with Crippen LogP contribution in [0.2, 0.25) is 0 Å². The van der Waals surface area contributed by atoms with E-state index >= 15 is 0 Å². The molecule has 0 saturated heterocycles. The van der Waals surface area contributed by atoms with Crippen LogP contribution in [0.25, 0.3) is 0 Å². The summed E-state index contributed by atoms with van der Waals surface area (Å²) in [4.78, 5) is 2.49. The second-order valence-electron chi connectivity index (χ2n) is 10.3. The molecule has 0 aromatic rings. The fourth-order valence-corrected chi connectivity index (χ4v) is 7.41. The quantitative estimate of drug-likeness (QED) is 0.607. The maximum atomic E-state index is 10.5. The Hall–Kier alpha value is -0.120. The summed E-state index contributed by atoms with van der Waals surface area (Å²) in [7, 11) is 0. The second kappa shape index (κ2) is 8.49. The zero-order chi connectivity index (χ0) is 18.0. The van der Waals surface area contributed by atoms with E-state index in [1.165, 1.54) is 77.0 Å². The lowest BCUT2D eigenvalue weighted by Gasteiger charge is -2.57. The van der Waals surface area contributed by atoms with Gasteiger partial charge in [-0.15, -0.1) is 0 Å². The van der Waals surface area contributed by atoms with Gasteiger partial charge >= 0.3 is 0 Å². The second-order valence-corrected chi connectivity index (χ2v) is 10.3. The van der Waals surface area contributed by atoms with Gasteiger partial charge in [0.05, 0.1) is 12.7 Å². The van der Waals surface area contributed by atoms with E-state index in [1.54, 1.807) is 0 Å². The Morgan fingerprint density at radius 2 is 1.62 bits per heavy atom. The van der Waals surface area contributed by atoms with Crippen molar-refractivity contribution in [3.8, 4) is 0 Å². The lowest BCUT2D eigenvalue weighted by Crippen LogP contribution is -2.46. The van der Waals surface area contributed by atoms with Crippen molar-refractivity contribution in [2.75, 3.05) is 26.3 Å². The largest absolute Gasteiger partial charge is 0.389 e. The van der Waals surface area contributed by atoms with Crippen LogP contribution in [0, 0.1) is 23.2 Å². The molecule has 0 spiro atoms. The average molecular weight is 364 g/mol. The summed E-state index contributed by atoms with van der Waals surface area (Å²) < 4.78 is 5.99. The molecule has 1 N–H and O–H groups in total. The summed E-state index contributed by atoms with van der Waals surface area (Å²) in [6.45, 7) is 5.46. The summed E-state index contributed by atoms with van der Waals surface area (Å²) in [5.74, 6) is 3.08. The molecule has 5 fully saturated rings. The first-order valence-electron chi connectivity index (χ1n) is 11.7. The molecular weight excluding hydrogens is 322 g/mol. The molecule has 0 amide bonds. The van der Waals surface area contributed by atoms with Crippen LogP contribution in [0.1, 0.15) is 84.0 Å². The van der Waals surface area contributed by atoms with Crippen molar-refractivity contribution in [2.45, 2.75) is 96.1 Å². The van der Waals surface area contributed by atoms with Crippen molar-refractivity contribution in [3.05, 3.63) is 0 Å². The Kier molecular flexibility index (Phi) is 6.27. The molecule has 0 heterocycles. The van der Waals surface area contributed by atoms with Gasteiger partial charge in [0.1, 0.15) is 0 Å². The van der Waals surface area contributed by atoms with Gasteiger partial charge in [-0.1, -0.05) is 26.2 Å². The van der Waals surface area contributed by atoms with Gasteiger partial charge in [0.15, 0.2) is 0 Å². The normalized spacial score (nSPS) is 38.2. The van der Waals surface area contributed by atoms with Crippen molar-refractivity contribution >= 4 is 0 Å². The molecule has 5 aliphatic rings. The highest BCUT2D eigenvalue weighted by atomic mass is 16.5. The minimum atomic E-state index is -0.326. The molecule has 0 radical (unpaired) electrons. The number of hydrogen-bond donors (Lipinski definition) is 1. The Balaban J connectivity index is 1.16. The highest BCUT2D eigenvalue weighted by molar-refractivity contribution is 5.01. The highest BCUT2D eigenvalue weighted by Crippen LogP contribution is 2.61. The first kappa shape index (κ1) is 19.2. The summed E-state index contributed by atoms with van der Waals surface area (Å²) in [6.07, 6.45) is 16.6. The monoisotopic (exact) mass is 363 g/mol. The van der Waals surface area contributed by atoms with Crippen molar-refractivity contribution < 1.29 is 9.84 Å². The van der Waals surface area contributed by atoms with Crippen LogP contribution in [0.3, 0.4) is 0 Å². The fraction of sp³-hybridized carbons (Fsp3) is 1.00. The van der Waals surface area contributed by atoms with Gasteiger partial charge in [-0.05, 0) is 87.5 Å². The molecule has 0 aliphatic heterocycles. The van der Waals surface area contributed by atoms with Gasteiger partial charge in [0.2, 0.25) is 0 Å². The van der Waals surface area contributed by atoms with E-state index in [2.05, 4.69) is 11.8 Å². The van der Waals surface area contributed by atoms with E-state index in [0.717, 1.165) is 37.5 Å². The van der Waals surface area contributed by atoms with E-state index in [9.17, 15) is 5.11 Å². The molecule has 0 aromatic heterocycles. The van der Waals surface area contributed by atoms with Crippen molar-refractivity contribution in [1.82, 2.24) is 4.90 Å². The van der Waals surface area contributed by atoms with Gasteiger partial charge in [-0.2, -0.15) is 0 Å². The Morgan fingerprint density at radius 1 is 1.00 bits per heavy atom. The number of nitrogens with zero attached hydrogens (tertiary/aromatic N) is 1. The van der Waals surface area contributed by atoms with Crippen molar-refractivity contribution in [1.29, 1.82) is 0 Å². The first-order valence-corrected chi connectivity index (χ1v) is 11.7. The third-order valence-corrected chi connectivity index (χ3v) is 8.19. The SMILES string of the molecule is CCN(C[C@@H](O)COCCC12CC3CC(CC(C3)C1)C2)C1CCCCC1. The van der Waals surface area contributed by atoms with Crippen LogP contribution in [0.4, 0.5) is 0 Å². The molecule has 0 unspecified atom stereocenters. The molecular formula is C23H41NO2. The number of hydrogen-bond acceptors (Lipinski definition) is 3. The topological polar surface area (TPSA) is 32.7 Å². The molecule has 3 heteroatoms. The van der Waals surface area contributed by atoms with E-state index in [4.69, 9.17) is 4.74 Å². The molecule has 26 heavy (non-hydrogen) atoms. The van der Waals surface area contributed by atoms with Gasteiger partial charge in [-0.25, -0.2) is 0 Å². The molecule has 5 rings (SSSR count). The van der Waals surface area contributed by atoms with Gasteiger partial charge in [0.25, 0.3) is 0 Å². The molecule has 3 nitrogen and oxygen atoms in total. The van der Waals surface area contributed by atoms with Crippen LogP contribution >= 0.6 is 0 Å². The number of likely N-dealkylation sites (N-methyl/N-ethyl adjacent to an activating group) is 1. The van der Waals surface area contributed by atoms with Crippen LogP contribution in [0.15, 0.2) is 0 Å². The zero-order valence-corrected chi connectivity index (χ0v) is 17.0. The fourth-order valence-electron chi connectivity index (χ4n) is 7.41. The van der Waals surface area contributed by atoms with Crippen LogP contribution in [0.5, 0.6) is 0 Å². The molecule has 5 saturated carbocycles. The number of ether oxygens (including phenoxy) is 1. The predicted octanol–water partition coefficient (Wildman–Crippen LogP) is 4.63. The van der Waals surface area contributed by atoms with Gasteiger partial charge in [-0.3, -0.25) is 4.90 Å². The Bertz CT molecular complexity index is 410. The van der Waals surface area contributed by atoms with Crippen LogP contribution in [-0.4, -0.2) is 48.5 Å². The number of aliphatic hydroxyl groups excluding tert-OH is 1. The van der Waals surface area contributed by atoms with Crippen LogP contribution in [-0.2, 0) is 4.74 Å². The first-order chi connectivity index (χ1) is 12.7.